The van der Waals surface area contributed by atoms with Crippen LogP contribution in [0.3, 0.4) is 0 Å². The quantitative estimate of drug-likeness (QED) is 0.529. The lowest BCUT2D eigenvalue weighted by Gasteiger charge is -2.17. The maximum Gasteiger partial charge on any atom is 0.270 e. The fraction of sp³-hybridized carbons (Fsp3) is 0.167. The summed E-state index contributed by atoms with van der Waals surface area (Å²) in [5.74, 6) is -0.495. The molecule has 0 atom stereocenters. The molecule has 0 radical (unpaired) electrons. The number of fused-ring (bicyclic) bond motifs is 1. The number of nitrogens with zero attached hydrogens (tertiary/aromatic N) is 4. The number of benzene rings is 1. The van der Waals surface area contributed by atoms with E-state index in [9.17, 15) is 19.7 Å². The van der Waals surface area contributed by atoms with E-state index < -0.39 is 16.4 Å². The van der Waals surface area contributed by atoms with Crippen molar-refractivity contribution in [3.05, 3.63) is 86.0 Å². The predicted octanol–water partition coefficient (Wildman–Crippen LogP) is 2.18. The molecule has 0 N–H and O–H groups in total. The third kappa shape index (κ3) is 3.30. The lowest BCUT2D eigenvalue weighted by molar-refractivity contribution is -0.384. The monoisotopic (exact) mass is 352 g/mol. The topological polar surface area (TPSA) is 97.8 Å². The molecule has 8 nitrogen and oxygen atoms in total. The Balaban J connectivity index is 1.90. The highest BCUT2D eigenvalue weighted by molar-refractivity contribution is 5.93. The normalized spacial score (nSPS) is 10.7. The van der Waals surface area contributed by atoms with Gasteiger partial charge in [-0.1, -0.05) is 18.2 Å². The van der Waals surface area contributed by atoms with Crippen molar-refractivity contribution in [2.45, 2.75) is 13.5 Å². The van der Waals surface area contributed by atoms with E-state index >= 15 is 0 Å². The molecule has 0 fully saturated rings. The molecule has 2 heterocycles. The molecule has 8 heteroatoms. The average Bonchev–Trinajstić information content (AvgIpc) is 2.62. The van der Waals surface area contributed by atoms with Crippen molar-refractivity contribution in [2.24, 2.45) is 0 Å². The van der Waals surface area contributed by atoms with Gasteiger partial charge in [0.15, 0.2) is 0 Å². The first-order chi connectivity index (χ1) is 12.4. The van der Waals surface area contributed by atoms with Crippen LogP contribution in [0.5, 0.6) is 0 Å². The van der Waals surface area contributed by atoms with Crippen molar-refractivity contribution >= 4 is 17.2 Å². The highest BCUT2D eigenvalue weighted by Gasteiger charge is 2.18. The molecule has 132 valence electrons. The fourth-order valence-electron chi connectivity index (χ4n) is 2.65. The van der Waals surface area contributed by atoms with E-state index in [1.54, 1.807) is 24.4 Å². The van der Waals surface area contributed by atoms with Crippen LogP contribution in [0.1, 0.15) is 21.5 Å². The zero-order chi connectivity index (χ0) is 18.8. The molecule has 0 saturated carbocycles. The van der Waals surface area contributed by atoms with Crippen molar-refractivity contribution in [1.29, 1.82) is 0 Å². The average molecular weight is 352 g/mol. The summed E-state index contributed by atoms with van der Waals surface area (Å²) in [5, 5.41) is 10.9. The van der Waals surface area contributed by atoms with Gasteiger partial charge in [-0.15, -0.1) is 0 Å². The minimum absolute atomic E-state index is 0.0498. The van der Waals surface area contributed by atoms with Crippen LogP contribution >= 0.6 is 0 Å². The number of hydrogen-bond acceptors (Lipinski definition) is 5. The molecule has 3 aromatic rings. The fourth-order valence-corrected chi connectivity index (χ4v) is 2.65. The Hall–Kier alpha value is -3.55. The Kier molecular flexibility index (Phi) is 4.49. The van der Waals surface area contributed by atoms with Crippen LogP contribution in [0.2, 0.25) is 0 Å². The van der Waals surface area contributed by atoms with Gasteiger partial charge < -0.3 is 4.90 Å². The molecule has 0 aliphatic carbocycles. The molecule has 0 aliphatic rings. The number of nitro groups is 1. The Bertz CT molecular complexity index is 1070. The standard InChI is InChI=1S/C18H16N4O4/c1-12-6-7-16-19-9-15(18(24)21(16)10-12)17(23)20(2)11-13-4-3-5-14(8-13)22(25)26/h3-10H,11H2,1-2H3. The summed E-state index contributed by atoms with van der Waals surface area (Å²) in [6.45, 7) is 1.98. The predicted molar refractivity (Wildman–Crippen MR) is 95.1 cm³/mol. The highest BCUT2D eigenvalue weighted by atomic mass is 16.6. The van der Waals surface area contributed by atoms with E-state index in [0.717, 1.165) is 5.56 Å². The number of nitro benzene ring substituents is 1. The minimum Gasteiger partial charge on any atom is -0.337 e. The molecule has 26 heavy (non-hydrogen) atoms. The number of hydrogen-bond donors (Lipinski definition) is 0. The summed E-state index contributed by atoms with van der Waals surface area (Å²) < 4.78 is 1.34. The maximum absolute atomic E-state index is 12.7. The molecule has 1 aromatic carbocycles. The van der Waals surface area contributed by atoms with Crippen LogP contribution in [0.25, 0.3) is 5.65 Å². The van der Waals surface area contributed by atoms with Crippen LogP contribution in [0.4, 0.5) is 5.69 Å². The zero-order valence-corrected chi connectivity index (χ0v) is 14.2. The number of rotatable bonds is 4. The van der Waals surface area contributed by atoms with Crippen LogP contribution in [-0.2, 0) is 6.54 Å². The molecule has 0 saturated heterocycles. The van der Waals surface area contributed by atoms with E-state index in [1.807, 2.05) is 13.0 Å². The van der Waals surface area contributed by atoms with Gasteiger partial charge in [0.2, 0.25) is 0 Å². The van der Waals surface area contributed by atoms with Crippen LogP contribution in [0.15, 0.2) is 53.6 Å². The Morgan fingerprint density at radius 1 is 1.31 bits per heavy atom. The molecule has 1 amide bonds. The van der Waals surface area contributed by atoms with Gasteiger partial charge in [-0.05, 0) is 24.1 Å². The molecule has 0 spiro atoms. The molecular weight excluding hydrogens is 336 g/mol. The maximum atomic E-state index is 12.7. The first kappa shape index (κ1) is 17.3. The largest absolute Gasteiger partial charge is 0.337 e. The Morgan fingerprint density at radius 2 is 2.08 bits per heavy atom. The smallest absolute Gasteiger partial charge is 0.270 e. The van der Waals surface area contributed by atoms with Gasteiger partial charge >= 0.3 is 0 Å². The lowest BCUT2D eigenvalue weighted by Crippen LogP contribution is -2.33. The highest BCUT2D eigenvalue weighted by Crippen LogP contribution is 2.15. The van der Waals surface area contributed by atoms with E-state index in [4.69, 9.17) is 0 Å². The molecule has 3 rings (SSSR count). The second-order valence-corrected chi connectivity index (χ2v) is 6.00. The summed E-state index contributed by atoms with van der Waals surface area (Å²) in [6.07, 6.45) is 2.89. The lowest BCUT2D eigenvalue weighted by atomic mass is 10.2. The summed E-state index contributed by atoms with van der Waals surface area (Å²) in [4.78, 5) is 41.1. The van der Waals surface area contributed by atoms with Crippen molar-refractivity contribution < 1.29 is 9.72 Å². The van der Waals surface area contributed by atoms with Gasteiger partial charge in [0.05, 0.1) is 4.92 Å². The van der Waals surface area contributed by atoms with Gasteiger partial charge in [-0.2, -0.15) is 0 Å². The summed E-state index contributed by atoms with van der Waals surface area (Å²) in [5.41, 5.74) is 1.37. The number of non-ortho nitro benzene ring substituents is 1. The van der Waals surface area contributed by atoms with Gasteiger partial charge in [0.25, 0.3) is 17.2 Å². The number of aromatic nitrogens is 2. The SMILES string of the molecule is Cc1ccc2ncc(C(=O)N(C)Cc3cccc([N+](=O)[O-])c3)c(=O)n2c1. The molecule has 0 aliphatic heterocycles. The number of aryl methyl sites for hydroxylation is 1. The number of pyridine rings is 1. The van der Waals surface area contributed by atoms with E-state index in [2.05, 4.69) is 4.98 Å². The second kappa shape index (κ2) is 6.75. The van der Waals surface area contributed by atoms with Crippen LogP contribution < -0.4 is 5.56 Å². The van der Waals surface area contributed by atoms with E-state index in [1.165, 1.54) is 34.7 Å². The van der Waals surface area contributed by atoms with Gasteiger partial charge in [-0.25, -0.2) is 4.98 Å². The summed E-state index contributed by atoms with van der Waals surface area (Å²) in [6, 6.07) is 9.56. The second-order valence-electron chi connectivity index (χ2n) is 6.00. The molecule has 0 bridgehead atoms. The van der Waals surface area contributed by atoms with Crippen molar-refractivity contribution in [2.75, 3.05) is 7.05 Å². The number of carbonyl (C=O) groups is 1. The van der Waals surface area contributed by atoms with Gasteiger partial charge in [-0.3, -0.25) is 24.1 Å². The first-order valence-electron chi connectivity index (χ1n) is 7.83. The molecule has 0 unspecified atom stereocenters. The zero-order valence-electron chi connectivity index (χ0n) is 14.2. The van der Waals surface area contributed by atoms with Crippen molar-refractivity contribution in [3.8, 4) is 0 Å². The Morgan fingerprint density at radius 3 is 2.81 bits per heavy atom. The van der Waals surface area contributed by atoms with Crippen molar-refractivity contribution in [3.63, 3.8) is 0 Å². The third-order valence-corrected chi connectivity index (χ3v) is 3.97. The van der Waals surface area contributed by atoms with E-state index in [0.29, 0.717) is 11.2 Å². The number of carbonyl (C=O) groups excluding carboxylic acids is 1. The first-order valence-corrected chi connectivity index (χ1v) is 7.83. The Labute approximate surface area is 148 Å². The third-order valence-electron chi connectivity index (χ3n) is 3.97. The summed E-state index contributed by atoms with van der Waals surface area (Å²) in [7, 11) is 1.53. The van der Waals surface area contributed by atoms with Crippen molar-refractivity contribution in [1.82, 2.24) is 14.3 Å². The van der Waals surface area contributed by atoms with Crippen LogP contribution in [0, 0.1) is 17.0 Å². The molecular formula is C18H16N4O4. The van der Waals surface area contributed by atoms with E-state index in [-0.39, 0.29) is 17.8 Å². The number of amides is 1. The van der Waals surface area contributed by atoms with Gasteiger partial charge in [0, 0.05) is 38.1 Å². The summed E-state index contributed by atoms with van der Waals surface area (Å²) >= 11 is 0. The van der Waals surface area contributed by atoms with Gasteiger partial charge in [0.1, 0.15) is 11.2 Å². The van der Waals surface area contributed by atoms with Crippen LogP contribution in [-0.4, -0.2) is 32.2 Å². The minimum atomic E-state index is -0.495. The molecule has 2 aromatic heterocycles.